The molecular formula is C17H10Cl2N2O. The fraction of sp³-hybridized carbons (Fsp3) is 0. The summed E-state index contributed by atoms with van der Waals surface area (Å²) in [4.78, 5) is 18.4. The molecule has 2 N–H and O–H groups in total. The lowest BCUT2D eigenvalue weighted by Crippen LogP contribution is -2.07. The van der Waals surface area contributed by atoms with E-state index in [-0.39, 0.29) is 10.6 Å². The molecule has 0 spiro atoms. The summed E-state index contributed by atoms with van der Waals surface area (Å²) >= 11 is 12.3. The van der Waals surface area contributed by atoms with Crippen molar-refractivity contribution in [3.05, 3.63) is 68.9 Å². The fourth-order valence-electron chi connectivity index (χ4n) is 2.75. The van der Waals surface area contributed by atoms with Crippen LogP contribution in [0, 0.1) is 0 Å². The second-order valence-corrected chi connectivity index (χ2v) is 5.89. The maximum Gasteiger partial charge on any atom is 0.267 e. The van der Waals surface area contributed by atoms with Crippen molar-refractivity contribution in [2.45, 2.75) is 0 Å². The second kappa shape index (κ2) is 4.90. The smallest absolute Gasteiger partial charge is 0.267 e. The Kier molecular flexibility index (Phi) is 2.99. The minimum atomic E-state index is -0.311. The number of H-pyrrole nitrogens is 2. The largest absolute Gasteiger partial charge is 0.353 e. The molecule has 0 saturated heterocycles. The minimum Gasteiger partial charge on any atom is -0.353 e. The SMILES string of the molecule is O=c1[nH]c2c([nH]c3ccc(Cl)cc32)c(-c2ccccc2)c1Cl. The van der Waals surface area contributed by atoms with Gasteiger partial charge in [-0.05, 0) is 23.8 Å². The van der Waals surface area contributed by atoms with Crippen molar-refractivity contribution in [1.82, 2.24) is 9.97 Å². The van der Waals surface area contributed by atoms with E-state index in [1.165, 1.54) is 0 Å². The van der Waals surface area contributed by atoms with Gasteiger partial charge in [0, 0.05) is 21.5 Å². The lowest BCUT2D eigenvalue weighted by molar-refractivity contribution is 1.31. The summed E-state index contributed by atoms with van der Waals surface area (Å²) in [6.45, 7) is 0. The van der Waals surface area contributed by atoms with E-state index >= 15 is 0 Å². The van der Waals surface area contributed by atoms with Crippen LogP contribution in [0.5, 0.6) is 0 Å². The number of rotatable bonds is 1. The van der Waals surface area contributed by atoms with Gasteiger partial charge >= 0.3 is 0 Å². The van der Waals surface area contributed by atoms with E-state index in [9.17, 15) is 4.79 Å². The molecule has 22 heavy (non-hydrogen) atoms. The van der Waals surface area contributed by atoms with Crippen molar-refractivity contribution in [3.8, 4) is 11.1 Å². The molecule has 0 aliphatic carbocycles. The molecule has 4 aromatic rings. The Hall–Kier alpha value is -2.23. The van der Waals surface area contributed by atoms with Gasteiger partial charge < -0.3 is 9.97 Å². The maximum atomic E-state index is 12.2. The van der Waals surface area contributed by atoms with E-state index in [1.54, 1.807) is 6.07 Å². The zero-order chi connectivity index (χ0) is 15.3. The van der Waals surface area contributed by atoms with E-state index < -0.39 is 0 Å². The van der Waals surface area contributed by atoms with Crippen LogP contribution in [0.4, 0.5) is 0 Å². The minimum absolute atomic E-state index is 0.177. The Labute approximate surface area is 135 Å². The standard InChI is InChI=1S/C17H10Cl2N2O/c18-10-6-7-12-11(8-10)15-16(20-12)13(14(19)17(22)21-15)9-4-2-1-3-5-9/h1-8,20H,(H,21,22). The number of hydrogen-bond donors (Lipinski definition) is 2. The molecule has 5 heteroatoms. The molecule has 0 unspecified atom stereocenters. The summed E-state index contributed by atoms with van der Waals surface area (Å²) in [5.41, 5.74) is 3.69. The number of fused-ring (bicyclic) bond motifs is 3. The van der Waals surface area contributed by atoms with Gasteiger partial charge in [-0.3, -0.25) is 4.79 Å². The Morgan fingerprint density at radius 3 is 2.41 bits per heavy atom. The normalized spacial score (nSPS) is 11.4. The van der Waals surface area contributed by atoms with Crippen LogP contribution in [0.15, 0.2) is 53.3 Å². The third kappa shape index (κ3) is 1.94. The average Bonchev–Trinajstić information content (AvgIpc) is 2.87. The highest BCUT2D eigenvalue weighted by molar-refractivity contribution is 6.35. The van der Waals surface area contributed by atoms with Gasteiger partial charge in [-0.15, -0.1) is 0 Å². The van der Waals surface area contributed by atoms with Crippen molar-refractivity contribution in [3.63, 3.8) is 0 Å². The van der Waals surface area contributed by atoms with Gasteiger partial charge in [0.15, 0.2) is 0 Å². The predicted octanol–water partition coefficient (Wildman–Crippen LogP) is 4.98. The van der Waals surface area contributed by atoms with Gasteiger partial charge in [-0.25, -0.2) is 0 Å². The molecule has 2 aromatic carbocycles. The first-order chi connectivity index (χ1) is 10.6. The van der Waals surface area contributed by atoms with Gasteiger partial charge in [0.2, 0.25) is 0 Å². The number of nitrogens with one attached hydrogen (secondary N) is 2. The summed E-state index contributed by atoms with van der Waals surface area (Å²) in [5, 5.41) is 1.66. The Bertz CT molecular complexity index is 1060. The average molecular weight is 329 g/mol. The Morgan fingerprint density at radius 2 is 1.64 bits per heavy atom. The molecule has 0 bridgehead atoms. The summed E-state index contributed by atoms with van der Waals surface area (Å²) in [6, 6.07) is 15.1. The topological polar surface area (TPSA) is 48.6 Å². The van der Waals surface area contributed by atoms with E-state index in [0.29, 0.717) is 16.1 Å². The molecule has 4 rings (SSSR count). The van der Waals surface area contributed by atoms with Crippen LogP contribution in [0.25, 0.3) is 33.1 Å². The molecule has 2 heterocycles. The summed E-state index contributed by atoms with van der Waals surface area (Å²) in [7, 11) is 0. The van der Waals surface area contributed by atoms with E-state index in [4.69, 9.17) is 23.2 Å². The highest BCUT2D eigenvalue weighted by Crippen LogP contribution is 2.35. The number of aromatic amines is 2. The molecular weight excluding hydrogens is 319 g/mol. The van der Waals surface area contributed by atoms with Gasteiger partial charge in [0.25, 0.3) is 5.56 Å². The summed E-state index contributed by atoms with van der Waals surface area (Å²) in [5.74, 6) is 0. The van der Waals surface area contributed by atoms with Gasteiger partial charge in [0.05, 0.1) is 11.0 Å². The van der Waals surface area contributed by atoms with Gasteiger partial charge in [-0.2, -0.15) is 0 Å². The number of aromatic nitrogens is 2. The third-order valence-electron chi connectivity index (χ3n) is 3.73. The van der Waals surface area contributed by atoms with Crippen LogP contribution >= 0.6 is 23.2 Å². The van der Waals surface area contributed by atoms with E-state index in [0.717, 1.165) is 22.0 Å². The van der Waals surface area contributed by atoms with Crippen molar-refractivity contribution in [2.75, 3.05) is 0 Å². The van der Waals surface area contributed by atoms with Crippen LogP contribution in [-0.4, -0.2) is 9.97 Å². The van der Waals surface area contributed by atoms with Gasteiger partial charge in [0.1, 0.15) is 5.02 Å². The van der Waals surface area contributed by atoms with Crippen LogP contribution in [0.1, 0.15) is 0 Å². The molecule has 0 saturated carbocycles. The van der Waals surface area contributed by atoms with Gasteiger partial charge in [-0.1, -0.05) is 53.5 Å². The quantitative estimate of drug-likeness (QED) is 0.508. The highest BCUT2D eigenvalue weighted by atomic mass is 35.5. The maximum absolute atomic E-state index is 12.2. The molecule has 2 aromatic heterocycles. The van der Waals surface area contributed by atoms with E-state index in [2.05, 4.69) is 9.97 Å². The monoisotopic (exact) mass is 328 g/mol. The number of benzene rings is 2. The lowest BCUT2D eigenvalue weighted by atomic mass is 10.1. The van der Waals surface area contributed by atoms with Crippen molar-refractivity contribution < 1.29 is 0 Å². The summed E-state index contributed by atoms with van der Waals surface area (Å²) < 4.78 is 0. The fourth-order valence-corrected chi connectivity index (χ4v) is 3.17. The number of hydrogen-bond acceptors (Lipinski definition) is 1. The number of halogens is 2. The molecule has 0 fully saturated rings. The van der Waals surface area contributed by atoms with Crippen molar-refractivity contribution >= 4 is 45.1 Å². The predicted molar refractivity (Wildman–Crippen MR) is 91.9 cm³/mol. The van der Waals surface area contributed by atoms with Crippen LogP contribution in [0.2, 0.25) is 10.0 Å². The van der Waals surface area contributed by atoms with Crippen LogP contribution in [-0.2, 0) is 0 Å². The van der Waals surface area contributed by atoms with Crippen LogP contribution in [0.3, 0.4) is 0 Å². The first-order valence-electron chi connectivity index (χ1n) is 6.73. The molecule has 3 nitrogen and oxygen atoms in total. The number of pyridine rings is 1. The molecule has 108 valence electrons. The van der Waals surface area contributed by atoms with E-state index in [1.807, 2.05) is 42.5 Å². The second-order valence-electron chi connectivity index (χ2n) is 5.07. The zero-order valence-electron chi connectivity index (χ0n) is 11.3. The highest BCUT2D eigenvalue weighted by Gasteiger charge is 2.16. The third-order valence-corrected chi connectivity index (χ3v) is 4.33. The first kappa shape index (κ1) is 13.4. The Balaban J connectivity index is 2.22. The molecule has 0 aliphatic rings. The summed E-state index contributed by atoms with van der Waals surface area (Å²) in [6.07, 6.45) is 0. The van der Waals surface area contributed by atoms with Crippen molar-refractivity contribution in [2.24, 2.45) is 0 Å². The molecule has 0 radical (unpaired) electrons. The Morgan fingerprint density at radius 1 is 0.864 bits per heavy atom. The first-order valence-corrected chi connectivity index (χ1v) is 7.49. The molecule has 0 aliphatic heterocycles. The zero-order valence-corrected chi connectivity index (χ0v) is 12.8. The van der Waals surface area contributed by atoms with Crippen molar-refractivity contribution in [1.29, 1.82) is 0 Å². The molecule has 0 amide bonds. The van der Waals surface area contributed by atoms with Crippen LogP contribution < -0.4 is 5.56 Å². The lowest BCUT2D eigenvalue weighted by Gasteiger charge is -2.05. The molecule has 0 atom stereocenters.